The summed E-state index contributed by atoms with van der Waals surface area (Å²) in [6.45, 7) is 0.426. The van der Waals surface area contributed by atoms with Gasteiger partial charge in [-0.25, -0.2) is 9.78 Å². The Morgan fingerprint density at radius 3 is 2.61 bits per heavy atom. The lowest BCUT2D eigenvalue weighted by atomic mass is 10.0. The van der Waals surface area contributed by atoms with Crippen molar-refractivity contribution in [3.8, 4) is 0 Å². The van der Waals surface area contributed by atoms with E-state index in [1.165, 1.54) is 6.33 Å². The maximum Gasteiger partial charge on any atom is 0.319 e. The fraction of sp³-hybridized carbons (Fsp3) is 0.250. The normalized spacial score (nSPS) is 19.1. The van der Waals surface area contributed by atoms with E-state index in [0.29, 0.717) is 24.4 Å². The van der Waals surface area contributed by atoms with Gasteiger partial charge in [-0.05, 0) is 28.8 Å². The van der Waals surface area contributed by atoms with Crippen LogP contribution in [0.4, 0.5) is 10.5 Å². The molecule has 38 heavy (non-hydrogen) atoms. The summed E-state index contributed by atoms with van der Waals surface area (Å²) in [5.41, 5.74) is 4.33. The average molecular weight is 532 g/mol. The molecule has 10 heteroatoms. The van der Waals surface area contributed by atoms with Crippen LogP contribution in [0.5, 0.6) is 0 Å². The molecule has 196 valence electrons. The Kier molecular flexibility index (Phi) is 8.67. The smallest absolute Gasteiger partial charge is 0.319 e. The number of aromatic amines is 1. The maximum absolute atomic E-state index is 12.5. The molecule has 1 aromatic heterocycles. The summed E-state index contributed by atoms with van der Waals surface area (Å²) in [6.07, 6.45) is 1.21. The van der Waals surface area contributed by atoms with Gasteiger partial charge in [0.05, 0.1) is 18.8 Å². The molecule has 1 aliphatic heterocycles. The second-order valence-electron chi connectivity index (χ2n) is 8.87. The lowest BCUT2D eigenvalue weighted by Gasteiger charge is -2.36. The second-order valence-corrected chi connectivity index (χ2v) is 9.88. The summed E-state index contributed by atoms with van der Waals surface area (Å²) in [5.74, 6) is 0.667. The largest absolute Gasteiger partial charge is 0.392 e. The van der Waals surface area contributed by atoms with Gasteiger partial charge in [-0.3, -0.25) is 5.10 Å². The highest BCUT2D eigenvalue weighted by Gasteiger charge is 2.32. The minimum atomic E-state index is -0.624. The molecule has 4 N–H and O–H groups in total. The third-order valence-corrected chi connectivity index (χ3v) is 7.13. The molecule has 2 amide bonds. The number of ether oxygens (including phenoxy) is 2. The van der Waals surface area contributed by atoms with E-state index < -0.39 is 6.29 Å². The standard InChI is InChI=1S/C28H29N5O4S/c34-16-20-9-11-21(12-10-20)25-14-24(17-38-28-30-18-31-33-28)36-26(37-25)22-7-4-8-23(13-22)32-27(35)29-15-19-5-2-1-3-6-19/h1-13,18,24-26,34H,14-17H2,(H2,29,32,35)(H,30,31,33)/t24-,25+,26+/m0/s1. The first kappa shape index (κ1) is 25.9. The molecule has 0 spiro atoms. The van der Waals surface area contributed by atoms with Gasteiger partial charge in [0.1, 0.15) is 6.33 Å². The van der Waals surface area contributed by atoms with Crippen molar-refractivity contribution in [2.75, 3.05) is 11.1 Å². The molecule has 1 aliphatic rings. The Labute approximate surface area is 225 Å². The Bertz CT molecular complexity index is 1300. The van der Waals surface area contributed by atoms with Gasteiger partial charge in [-0.2, -0.15) is 5.10 Å². The van der Waals surface area contributed by atoms with E-state index >= 15 is 0 Å². The average Bonchev–Trinajstić information content (AvgIpc) is 3.49. The number of aliphatic hydroxyl groups excluding tert-OH is 1. The first-order valence-electron chi connectivity index (χ1n) is 12.3. The lowest BCUT2D eigenvalue weighted by molar-refractivity contribution is -0.245. The fourth-order valence-electron chi connectivity index (χ4n) is 4.17. The summed E-state index contributed by atoms with van der Waals surface area (Å²) in [6, 6.07) is 24.7. The Balaban J connectivity index is 1.28. The number of rotatable bonds is 9. The van der Waals surface area contributed by atoms with Crippen molar-refractivity contribution < 1.29 is 19.4 Å². The summed E-state index contributed by atoms with van der Waals surface area (Å²) in [5, 5.41) is 22.7. The maximum atomic E-state index is 12.5. The lowest BCUT2D eigenvalue weighted by Crippen LogP contribution is -2.31. The van der Waals surface area contributed by atoms with Crippen LogP contribution in [0.3, 0.4) is 0 Å². The van der Waals surface area contributed by atoms with Crippen molar-refractivity contribution in [1.29, 1.82) is 0 Å². The van der Waals surface area contributed by atoms with Gasteiger partial charge in [0, 0.05) is 30.0 Å². The van der Waals surface area contributed by atoms with Crippen LogP contribution in [0.2, 0.25) is 0 Å². The van der Waals surface area contributed by atoms with Crippen molar-refractivity contribution >= 4 is 23.5 Å². The molecule has 4 aromatic rings. The monoisotopic (exact) mass is 531 g/mol. The van der Waals surface area contributed by atoms with Gasteiger partial charge >= 0.3 is 6.03 Å². The highest BCUT2D eigenvalue weighted by Crippen LogP contribution is 2.39. The van der Waals surface area contributed by atoms with Crippen molar-refractivity contribution in [2.45, 2.75) is 43.2 Å². The third kappa shape index (κ3) is 6.99. The molecule has 3 aromatic carbocycles. The predicted octanol–water partition coefficient (Wildman–Crippen LogP) is 4.96. The van der Waals surface area contributed by atoms with E-state index in [4.69, 9.17) is 9.47 Å². The SMILES string of the molecule is O=C(NCc1ccccc1)Nc1cccc([C@@H]2O[C@H](CSc3ncn[nH]3)C[C@H](c3ccc(CO)cc3)O2)c1. The Morgan fingerprint density at radius 1 is 1.00 bits per heavy atom. The molecular formula is C28H29N5O4S. The molecule has 0 bridgehead atoms. The van der Waals surface area contributed by atoms with Crippen molar-refractivity contribution in [3.05, 3.63) is 107 Å². The molecule has 0 radical (unpaired) electrons. The van der Waals surface area contributed by atoms with Gasteiger partial charge in [0.2, 0.25) is 0 Å². The zero-order chi connectivity index (χ0) is 26.2. The summed E-state index contributed by atoms with van der Waals surface area (Å²) >= 11 is 1.54. The van der Waals surface area contributed by atoms with E-state index in [1.54, 1.807) is 11.8 Å². The van der Waals surface area contributed by atoms with Gasteiger partial charge in [-0.1, -0.05) is 78.5 Å². The second kappa shape index (κ2) is 12.7. The topological polar surface area (TPSA) is 121 Å². The molecule has 0 saturated carbocycles. The summed E-state index contributed by atoms with van der Waals surface area (Å²) < 4.78 is 12.8. The first-order chi connectivity index (χ1) is 18.7. The highest BCUT2D eigenvalue weighted by atomic mass is 32.2. The molecule has 2 heterocycles. The number of carbonyl (C=O) groups is 1. The van der Waals surface area contributed by atoms with Crippen LogP contribution in [0.1, 0.15) is 41.1 Å². The number of anilines is 1. The Hall–Kier alpha value is -3.70. The van der Waals surface area contributed by atoms with Gasteiger partial charge < -0.3 is 25.2 Å². The van der Waals surface area contributed by atoms with E-state index in [2.05, 4.69) is 25.8 Å². The number of aromatic nitrogens is 3. The number of hydrogen-bond donors (Lipinski definition) is 4. The minimum absolute atomic E-state index is 0.00724. The quantitative estimate of drug-likeness (QED) is 0.225. The summed E-state index contributed by atoms with van der Waals surface area (Å²) in [7, 11) is 0. The van der Waals surface area contributed by atoms with Crippen LogP contribution >= 0.6 is 11.8 Å². The van der Waals surface area contributed by atoms with Crippen LogP contribution in [0.25, 0.3) is 0 Å². The first-order valence-corrected chi connectivity index (χ1v) is 13.3. The predicted molar refractivity (Wildman–Crippen MR) is 144 cm³/mol. The number of amides is 2. The van der Waals surface area contributed by atoms with Gasteiger partial charge in [-0.15, -0.1) is 0 Å². The number of nitrogens with zero attached hydrogens (tertiary/aromatic N) is 2. The minimum Gasteiger partial charge on any atom is -0.392 e. The van der Waals surface area contributed by atoms with Crippen molar-refractivity contribution in [2.24, 2.45) is 0 Å². The van der Waals surface area contributed by atoms with Gasteiger partial charge in [0.25, 0.3) is 0 Å². The fourth-order valence-corrected chi connectivity index (χ4v) is 4.97. The van der Waals surface area contributed by atoms with E-state index in [1.807, 2.05) is 78.9 Å². The number of aliphatic hydroxyl groups is 1. The van der Waals surface area contributed by atoms with E-state index in [0.717, 1.165) is 27.4 Å². The van der Waals surface area contributed by atoms with Crippen molar-refractivity contribution in [3.63, 3.8) is 0 Å². The molecule has 5 rings (SSSR count). The van der Waals surface area contributed by atoms with Crippen LogP contribution in [-0.4, -0.2) is 38.2 Å². The third-order valence-electron chi connectivity index (χ3n) is 6.13. The van der Waals surface area contributed by atoms with Gasteiger partial charge in [0.15, 0.2) is 11.4 Å². The van der Waals surface area contributed by atoms with Crippen LogP contribution in [0.15, 0.2) is 90.3 Å². The molecule has 1 saturated heterocycles. The molecule has 3 atom stereocenters. The highest BCUT2D eigenvalue weighted by molar-refractivity contribution is 7.99. The van der Waals surface area contributed by atoms with Crippen molar-refractivity contribution in [1.82, 2.24) is 20.5 Å². The van der Waals surface area contributed by atoms with Crippen LogP contribution < -0.4 is 10.6 Å². The summed E-state index contributed by atoms with van der Waals surface area (Å²) in [4.78, 5) is 16.7. The molecule has 1 fully saturated rings. The zero-order valence-corrected chi connectivity index (χ0v) is 21.4. The van der Waals surface area contributed by atoms with E-state index in [-0.39, 0.29) is 24.8 Å². The van der Waals surface area contributed by atoms with Crippen LogP contribution in [0, 0.1) is 0 Å². The molecule has 0 unspecified atom stereocenters. The number of benzene rings is 3. The number of carbonyl (C=O) groups excluding carboxylic acids is 1. The van der Waals surface area contributed by atoms with E-state index in [9.17, 15) is 9.90 Å². The molecule has 9 nitrogen and oxygen atoms in total. The Morgan fingerprint density at radius 2 is 1.84 bits per heavy atom. The molecule has 0 aliphatic carbocycles. The number of H-pyrrole nitrogens is 1. The number of urea groups is 1. The zero-order valence-electron chi connectivity index (χ0n) is 20.6. The van der Waals surface area contributed by atoms with Crippen LogP contribution in [-0.2, 0) is 22.6 Å². The number of thioether (sulfide) groups is 1. The number of hydrogen-bond acceptors (Lipinski definition) is 7. The molecular weight excluding hydrogens is 502 g/mol. The number of nitrogens with one attached hydrogen (secondary N) is 3.